The minimum Gasteiger partial charge on any atom is -0.479 e. The van der Waals surface area contributed by atoms with Crippen molar-refractivity contribution in [3.63, 3.8) is 0 Å². The molecule has 6 nitrogen and oxygen atoms in total. The number of para-hydroxylation sites is 2. The molecule has 0 fully saturated rings. The molecule has 0 aliphatic carbocycles. The van der Waals surface area contributed by atoms with Crippen molar-refractivity contribution < 1.29 is 14.1 Å². The largest absolute Gasteiger partial charge is 0.479 e. The molecule has 23 heavy (non-hydrogen) atoms. The molecular weight excluding hydrogens is 314 g/mol. The monoisotopic (exact) mass is 327 g/mol. The van der Waals surface area contributed by atoms with Gasteiger partial charge in [-0.05, 0) is 30.5 Å². The number of aromatic nitrogens is 2. The molecule has 0 saturated carbocycles. The minimum atomic E-state index is -0.537. The Morgan fingerprint density at radius 2 is 2.13 bits per heavy atom. The van der Waals surface area contributed by atoms with Gasteiger partial charge in [0.1, 0.15) is 12.3 Å². The molecular formula is C16H13N3O3S. The van der Waals surface area contributed by atoms with E-state index in [4.69, 9.17) is 9.26 Å². The summed E-state index contributed by atoms with van der Waals surface area (Å²) < 4.78 is 10.9. The molecule has 0 radical (unpaired) electrons. The highest BCUT2D eigenvalue weighted by atomic mass is 32.1. The molecule has 1 aromatic carbocycles. The van der Waals surface area contributed by atoms with Crippen LogP contribution in [0.25, 0.3) is 10.7 Å². The van der Waals surface area contributed by atoms with Crippen LogP contribution < -0.4 is 9.64 Å². The third-order valence-electron chi connectivity index (χ3n) is 3.58. The summed E-state index contributed by atoms with van der Waals surface area (Å²) >= 11 is 1.54. The number of carbonyl (C=O) groups is 1. The Morgan fingerprint density at radius 1 is 1.26 bits per heavy atom. The summed E-state index contributed by atoms with van der Waals surface area (Å²) in [4.78, 5) is 19.4. The molecule has 0 unspecified atom stereocenters. The summed E-state index contributed by atoms with van der Waals surface area (Å²) in [5.74, 6) is 1.49. The van der Waals surface area contributed by atoms with Gasteiger partial charge in [-0.3, -0.25) is 9.69 Å². The zero-order valence-electron chi connectivity index (χ0n) is 12.3. The normalized spacial score (nSPS) is 17.0. The lowest BCUT2D eigenvalue weighted by atomic mass is 10.2. The summed E-state index contributed by atoms with van der Waals surface area (Å²) in [6.07, 6.45) is -0.537. The quantitative estimate of drug-likeness (QED) is 0.739. The van der Waals surface area contributed by atoms with E-state index in [0.29, 0.717) is 23.2 Å². The molecule has 0 N–H and O–H groups in total. The first kappa shape index (κ1) is 14.0. The summed E-state index contributed by atoms with van der Waals surface area (Å²) in [5, 5.41) is 5.93. The number of amides is 1. The Balaban J connectivity index is 1.64. The maximum atomic E-state index is 12.4. The predicted octanol–water partition coefficient (Wildman–Crippen LogP) is 3.11. The Bertz CT molecular complexity index is 844. The molecule has 0 bridgehead atoms. The summed E-state index contributed by atoms with van der Waals surface area (Å²) in [7, 11) is 0. The molecule has 1 aliphatic rings. The molecule has 4 rings (SSSR count). The third-order valence-corrected chi connectivity index (χ3v) is 4.44. The fourth-order valence-electron chi connectivity index (χ4n) is 2.48. The average molecular weight is 327 g/mol. The van der Waals surface area contributed by atoms with E-state index in [2.05, 4.69) is 10.1 Å². The zero-order chi connectivity index (χ0) is 15.8. The van der Waals surface area contributed by atoms with Crippen molar-refractivity contribution in [2.45, 2.75) is 19.6 Å². The molecule has 3 heterocycles. The maximum Gasteiger partial charge on any atom is 0.268 e. The Hall–Kier alpha value is -2.67. The molecule has 1 amide bonds. The number of hydrogen-bond acceptors (Lipinski definition) is 6. The maximum absolute atomic E-state index is 12.4. The van der Waals surface area contributed by atoms with E-state index in [0.717, 1.165) is 4.88 Å². The molecule has 3 aromatic rings. The second kappa shape index (κ2) is 5.51. The van der Waals surface area contributed by atoms with Crippen LogP contribution in [-0.2, 0) is 11.3 Å². The van der Waals surface area contributed by atoms with Gasteiger partial charge in [-0.2, -0.15) is 4.98 Å². The number of anilines is 1. The van der Waals surface area contributed by atoms with Gasteiger partial charge < -0.3 is 9.26 Å². The lowest BCUT2D eigenvalue weighted by molar-refractivity contribution is -0.125. The number of rotatable bonds is 3. The molecule has 7 heteroatoms. The van der Waals surface area contributed by atoms with E-state index in [1.54, 1.807) is 11.8 Å². The Kier molecular flexibility index (Phi) is 3.34. The van der Waals surface area contributed by atoms with Crippen molar-refractivity contribution in [3.8, 4) is 16.5 Å². The highest BCUT2D eigenvalue weighted by molar-refractivity contribution is 7.13. The predicted molar refractivity (Wildman–Crippen MR) is 85.3 cm³/mol. The van der Waals surface area contributed by atoms with Crippen LogP contribution in [0.1, 0.15) is 12.8 Å². The topological polar surface area (TPSA) is 68.5 Å². The fourth-order valence-corrected chi connectivity index (χ4v) is 3.13. The van der Waals surface area contributed by atoms with E-state index in [-0.39, 0.29) is 12.5 Å². The highest BCUT2D eigenvalue weighted by Crippen LogP contribution is 2.34. The molecule has 2 aromatic heterocycles. The first-order valence-electron chi connectivity index (χ1n) is 7.16. The first-order chi connectivity index (χ1) is 11.2. The molecule has 0 saturated heterocycles. The lowest BCUT2D eigenvalue weighted by Crippen LogP contribution is -2.44. The van der Waals surface area contributed by atoms with E-state index >= 15 is 0 Å². The van der Waals surface area contributed by atoms with Crippen LogP contribution >= 0.6 is 11.3 Å². The average Bonchev–Trinajstić information content (AvgIpc) is 3.23. The van der Waals surface area contributed by atoms with Gasteiger partial charge in [0, 0.05) is 0 Å². The van der Waals surface area contributed by atoms with E-state index in [9.17, 15) is 4.79 Å². The Morgan fingerprint density at radius 3 is 2.96 bits per heavy atom. The van der Waals surface area contributed by atoms with Crippen molar-refractivity contribution >= 4 is 22.9 Å². The number of ether oxygens (including phenoxy) is 1. The summed E-state index contributed by atoms with van der Waals surface area (Å²) in [6.45, 7) is 1.96. The van der Waals surface area contributed by atoms with Gasteiger partial charge >= 0.3 is 0 Å². The van der Waals surface area contributed by atoms with Crippen molar-refractivity contribution in [2.75, 3.05) is 4.90 Å². The lowest BCUT2D eigenvalue weighted by Gasteiger charge is -2.31. The number of carbonyl (C=O) groups excluding carboxylic acids is 1. The van der Waals surface area contributed by atoms with Crippen LogP contribution in [0.4, 0.5) is 5.69 Å². The van der Waals surface area contributed by atoms with E-state index < -0.39 is 6.10 Å². The number of fused-ring (bicyclic) bond motifs is 1. The van der Waals surface area contributed by atoms with E-state index in [1.165, 1.54) is 11.3 Å². The Labute approximate surface area is 136 Å². The van der Waals surface area contributed by atoms with Crippen LogP contribution in [0.2, 0.25) is 0 Å². The number of thiophene rings is 1. The highest BCUT2D eigenvalue weighted by Gasteiger charge is 2.32. The smallest absolute Gasteiger partial charge is 0.268 e. The van der Waals surface area contributed by atoms with Crippen molar-refractivity contribution in [3.05, 3.63) is 47.7 Å². The van der Waals surface area contributed by atoms with Gasteiger partial charge in [0.25, 0.3) is 5.91 Å². The molecule has 0 spiro atoms. The van der Waals surface area contributed by atoms with Crippen molar-refractivity contribution in [1.29, 1.82) is 0 Å². The van der Waals surface area contributed by atoms with Crippen molar-refractivity contribution in [2.24, 2.45) is 0 Å². The third kappa shape index (κ3) is 2.49. The van der Waals surface area contributed by atoms with Gasteiger partial charge in [0.2, 0.25) is 11.7 Å². The number of hydrogen-bond donors (Lipinski definition) is 0. The van der Waals surface area contributed by atoms with Crippen LogP contribution in [-0.4, -0.2) is 22.2 Å². The fraction of sp³-hybridized carbons (Fsp3) is 0.188. The first-order valence-corrected chi connectivity index (χ1v) is 8.04. The van der Waals surface area contributed by atoms with Gasteiger partial charge in [-0.1, -0.05) is 23.4 Å². The van der Waals surface area contributed by atoms with Crippen LogP contribution in [0, 0.1) is 0 Å². The van der Waals surface area contributed by atoms with Gasteiger partial charge in [0.05, 0.1) is 10.6 Å². The van der Waals surface area contributed by atoms with Gasteiger partial charge in [-0.25, -0.2) is 0 Å². The van der Waals surface area contributed by atoms with Crippen LogP contribution in [0.5, 0.6) is 5.75 Å². The second-order valence-corrected chi connectivity index (χ2v) is 6.09. The molecule has 1 atom stereocenters. The van der Waals surface area contributed by atoms with Gasteiger partial charge in [0.15, 0.2) is 6.10 Å². The zero-order valence-corrected chi connectivity index (χ0v) is 13.1. The molecule has 116 valence electrons. The van der Waals surface area contributed by atoms with E-state index in [1.807, 2.05) is 41.8 Å². The standard InChI is InChI=1S/C16H13N3O3S/c1-10-16(20)19(11-5-2-3-6-12(11)21-10)9-14-17-15(18-22-14)13-7-4-8-23-13/h2-8,10H,9H2,1H3/t10-/m0/s1. The summed E-state index contributed by atoms with van der Waals surface area (Å²) in [5.41, 5.74) is 0.714. The number of benzene rings is 1. The number of nitrogens with zero attached hydrogens (tertiary/aromatic N) is 3. The van der Waals surface area contributed by atoms with Gasteiger partial charge in [-0.15, -0.1) is 11.3 Å². The molecule has 1 aliphatic heterocycles. The van der Waals surface area contributed by atoms with Crippen molar-refractivity contribution in [1.82, 2.24) is 10.1 Å². The van der Waals surface area contributed by atoms with Crippen LogP contribution in [0.3, 0.4) is 0 Å². The second-order valence-electron chi connectivity index (χ2n) is 5.14. The SMILES string of the molecule is C[C@@H]1Oc2ccccc2N(Cc2nc(-c3cccs3)no2)C1=O. The van der Waals surface area contributed by atoms with Crippen LogP contribution in [0.15, 0.2) is 46.3 Å². The summed E-state index contributed by atoms with van der Waals surface area (Å²) in [6, 6.07) is 11.3. The minimum absolute atomic E-state index is 0.125.